The van der Waals surface area contributed by atoms with Gasteiger partial charge in [-0.2, -0.15) is 13.7 Å². The average molecular weight is 283 g/mol. The maximum Gasteiger partial charge on any atom is 0.296 e. The molecule has 1 rings (SSSR count). The van der Waals surface area contributed by atoms with E-state index in [2.05, 4.69) is 4.72 Å². The second-order valence-electron chi connectivity index (χ2n) is 5.29. The van der Waals surface area contributed by atoms with E-state index in [0.717, 1.165) is 0 Å². The molecule has 0 unspecified atom stereocenters. The maximum atomic E-state index is 11.0. The van der Waals surface area contributed by atoms with Crippen LogP contribution in [0.1, 0.15) is 26.3 Å². The number of hydrogen-bond donors (Lipinski definition) is 2. The topological polar surface area (TPSA) is 105 Å². The Morgan fingerprint density at radius 3 is 2.53 bits per heavy atom. The van der Waals surface area contributed by atoms with Crippen molar-refractivity contribution in [2.24, 2.45) is 10.6 Å². The molecule has 19 heavy (non-hydrogen) atoms. The van der Waals surface area contributed by atoms with Gasteiger partial charge in [0.15, 0.2) is 0 Å². The highest BCUT2D eigenvalue weighted by molar-refractivity contribution is 7.90. The summed E-state index contributed by atoms with van der Waals surface area (Å²) in [7, 11) is -3.93. The van der Waals surface area contributed by atoms with Gasteiger partial charge in [-0.1, -0.05) is 26.8 Å². The van der Waals surface area contributed by atoms with Crippen molar-refractivity contribution in [1.82, 2.24) is 0 Å². The number of benzene rings is 1. The van der Waals surface area contributed by atoms with Gasteiger partial charge in [-0.25, -0.2) is 5.14 Å². The van der Waals surface area contributed by atoms with Gasteiger partial charge in [0, 0.05) is 0 Å². The summed E-state index contributed by atoms with van der Waals surface area (Å²) in [6.07, 6.45) is 0. The molecule has 0 aromatic heterocycles. The van der Waals surface area contributed by atoms with Crippen molar-refractivity contribution >= 4 is 15.9 Å². The minimum atomic E-state index is -3.93. The molecule has 0 atom stereocenters. The van der Waals surface area contributed by atoms with Crippen molar-refractivity contribution < 1.29 is 13.2 Å². The average Bonchev–Trinajstić information content (AvgIpc) is 2.23. The molecule has 0 bridgehead atoms. The van der Waals surface area contributed by atoms with Crippen LogP contribution in [-0.4, -0.2) is 15.0 Å². The van der Waals surface area contributed by atoms with Crippen molar-refractivity contribution in [3.8, 4) is 11.8 Å². The van der Waals surface area contributed by atoms with Crippen LogP contribution in [0.5, 0.6) is 5.75 Å². The molecule has 104 valence electrons. The molecule has 3 N–H and O–H groups in total. The Bertz CT molecular complexity index is 598. The molecule has 0 heterocycles. The van der Waals surface area contributed by atoms with Gasteiger partial charge in [-0.3, -0.25) is 4.72 Å². The quantitative estimate of drug-likeness (QED) is 0.875. The summed E-state index contributed by atoms with van der Waals surface area (Å²) in [5, 5.41) is 14.0. The highest BCUT2D eigenvalue weighted by Crippen LogP contribution is 2.27. The summed E-state index contributed by atoms with van der Waals surface area (Å²) in [5.74, 6) is 0.325. The van der Waals surface area contributed by atoms with Crippen LogP contribution in [-0.2, 0) is 10.2 Å². The molecule has 0 saturated carbocycles. The number of anilines is 1. The van der Waals surface area contributed by atoms with Crippen LogP contribution < -0.4 is 14.6 Å². The van der Waals surface area contributed by atoms with Crippen LogP contribution in [0, 0.1) is 16.7 Å². The Morgan fingerprint density at radius 2 is 2.05 bits per heavy atom. The van der Waals surface area contributed by atoms with Gasteiger partial charge in [-0.05, 0) is 17.5 Å². The number of nitrogens with one attached hydrogen (secondary N) is 1. The SMILES string of the molecule is CC(C)(C)COc1cccc(NS(N)(=O)=O)c1C#N. The van der Waals surface area contributed by atoms with E-state index < -0.39 is 10.2 Å². The van der Waals surface area contributed by atoms with Crippen LogP contribution >= 0.6 is 0 Å². The molecule has 7 heteroatoms. The fourth-order valence-corrected chi connectivity index (χ4v) is 1.78. The highest BCUT2D eigenvalue weighted by atomic mass is 32.2. The third-order valence-electron chi connectivity index (χ3n) is 2.05. The van der Waals surface area contributed by atoms with Crippen LogP contribution in [0.4, 0.5) is 5.69 Å². The Hall–Kier alpha value is -1.78. The molecule has 1 aromatic carbocycles. The molecule has 0 aliphatic carbocycles. The molecular formula is C12H17N3O3S. The maximum absolute atomic E-state index is 11.0. The van der Waals surface area contributed by atoms with E-state index in [0.29, 0.717) is 12.4 Å². The lowest BCUT2D eigenvalue weighted by Gasteiger charge is -2.20. The number of nitriles is 1. The predicted octanol–water partition coefficient (Wildman–Crippen LogP) is 1.60. The number of ether oxygens (including phenoxy) is 1. The minimum Gasteiger partial charge on any atom is -0.492 e. The molecule has 1 aromatic rings. The minimum absolute atomic E-state index is 0.0733. The summed E-state index contributed by atoms with van der Waals surface area (Å²) < 4.78 is 29.7. The van der Waals surface area contributed by atoms with E-state index in [-0.39, 0.29) is 16.7 Å². The zero-order valence-corrected chi connectivity index (χ0v) is 11.9. The summed E-state index contributed by atoms with van der Waals surface area (Å²) in [5.41, 5.74) is 0.146. The highest BCUT2D eigenvalue weighted by Gasteiger charge is 2.16. The summed E-state index contributed by atoms with van der Waals surface area (Å²) in [6, 6.07) is 6.57. The van der Waals surface area contributed by atoms with Gasteiger partial charge >= 0.3 is 0 Å². The monoisotopic (exact) mass is 283 g/mol. The number of rotatable bonds is 4. The summed E-state index contributed by atoms with van der Waals surface area (Å²) in [6.45, 7) is 6.38. The standard InChI is InChI=1S/C12H17N3O3S/c1-12(2,3)8-18-11-6-4-5-10(9(11)7-13)15-19(14,16)17/h4-6,15H,8H2,1-3H3,(H2,14,16,17). The van der Waals surface area contributed by atoms with Gasteiger partial charge in [0.1, 0.15) is 17.4 Å². The largest absolute Gasteiger partial charge is 0.492 e. The Balaban J connectivity index is 3.08. The van der Waals surface area contributed by atoms with Gasteiger partial charge in [-0.15, -0.1) is 0 Å². The van der Waals surface area contributed by atoms with E-state index >= 15 is 0 Å². The van der Waals surface area contributed by atoms with Crippen molar-refractivity contribution in [2.45, 2.75) is 20.8 Å². The lowest BCUT2D eigenvalue weighted by Crippen LogP contribution is -2.22. The Labute approximate surface area is 113 Å². The molecule has 0 aliphatic heterocycles. The fraction of sp³-hybridized carbons (Fsp3) is 0.417. The third-order valence-corrected chi connectivity index (χ3v) is 2.56. The first-order chi connectivity index (χ1) is 8.62. The first-order valence-electron chi connectivity index (χ1n) is 5.59. The van der Waals surface area contributed by atoms with Crippen LogP contribution in [0.2, 0.25) is 0 Å². The lowest BCUT2D eigenvalue weighted by atomic mass is 9.98. The molecule has 0 saturated heterocycles. The zero-order chi connectivity index (χ0) is 14.7. The van der Waals surface area contributed by atoms with Gasteiger partial charge in [0.2, 0.25) is 0 Å². The Morgan fingerprint density at radius 1 is 1.42 bits per heavy atom. The first-order valence-corrected chi connectivity index (χ1v) is 7.13. The molecule has 0 spiro atoms. The number of nitrogens with two attached hydrogens (primary N) is 1. The third kappa shape index (κ3) is 5.16. The van der Waals surface area contributed by atoms with Crippen LogP contribution in [0.15, 0.2) is 18.2 Å². The smallest absolute Gasteiger partial charge is 0.296 e. The number of nitrogens with zero attached hydrogens (tertiary/aromatic N) is 1. The lowest BCUT2D eigenvalue weighted by molar-refractivity contribution is 0.197. The zero-order valence-electron chi connectivity index (χ0n) is 11.1. The van der Waals surface area contributed by atoms with E-state index in [1.807, 2.05) is 26.8 Å². The van der Waals surface area contributed by atoms with E-state index in [9.17, 15) is 8.42 Å². The van der Waals surface area contributed by atoms with Crippen molar-refractivity contribution in [2.75, 3.05) is 11.3 Å². The van der Waals surface area contributed by atoms with Crippen molar-refractivity contribution in [3.05, 3.63) is 23.8 Å². The van der Waals surface area contributed by atoms with Gasteiger partial charge < -0.3 is 4.74 Å². The summed E-state index contributed by atoms with van der Waals surface area (Å²) in [4.78, 5) is 0. The van der Waals surface area contributed by atoms with Crippen molar-refractivity contribution in [3.63, 3.8) is 0 Å². The molecule has 6 nitrogen and oxygen atoms in total. The van der Waals surface area contributed by atoms with Gasteiger partial charge in [0.05, 0.1) is 12.3 Å². The fourth-order valence-electron chi connectivity index (χ4n) is 1.30. The molecule has 0 fully saturated rings. The molecule has 0 aliphatic rings. The number of hydrogen-bond acceptors (Lipinski definition) is 4. The van der Waals surface area contributed by atoms with E-state index in [1.165, 1.54) is 6.07 Å². The Kier molecular flexibility index (Phi) is 4.39. The normalized spacial score (nSPS) is 11.7. The molecular weight excluding hydrogens is 266 g/mol. The van der Waals surface area contributed by atoms with Crippen LogP contribution in [0.3, 0.4) is 0 Å². The second kappa shape index (κ2) is 5.47. The summed E-state index contributed by atoms with van der Waals surface area (Å²) >= 11 is 0. The van der Waals surface area contributed by atoms with E-state index in [1.54, 1.807) is 12.1 Å². The van der Waals surface area contributed by atoms with Gasteiger partial charge in [0.25, 0.3) is 10.2 Å². The molecule has 0 amide bonds. The van der Waals surface area contributed by atoms with Crippen molar-refractivity contribution in [1.29, 1.82) is 5.26 Å². The second-order valence-corrected chi connectivity index (χ2v) is 6.58. The first kappa shape index (κ1) is 15.3. The molecule has 0 radical (unpaired) electrons. The predicted molar refractivity (Wildman–Crippen MR) is 72.8 cm³/mol. The van der Waals surface area contributed by atoms with Crippen LogP contribution in [0.25, 0.3) is 0 Å². The van der Waals surface area contributed by atoms with E-state index in [4.69, 9.17) is 15.1 Å².